The number of piperidine rings is 1. The number of nitrogens with zero attached hydrogens (tertiary/aromatic N) is 1. The first-order valence-corrected chi connectivity index (χ1v) is 6.29. The monoisotopic (exact) mass is 228 g/mol. The van der Waals surface area contributed by atoms with E-state index in [1.165, 1.54) is 6.42 Å². The maximum atomic E-state index is 12.0. The second-order valence-electron chi connectivity index (χ2n) is 4.78. The third-order valence-electron chi connectivity index (χ3n) is 3.07. The summed E-state index contributed by atoms with van der Waals surface area (Å²) in [6.07, 6.45) is 4.02. The van der Waals surface area contributed by atoms with Gasteiger partial charge in [0.15, 0.2) is 0 Å². The van der Waals surface area contributed by atoms with Gasteiger partial charge in [-0.05, 0) is 25.7 Å². The number of nitrogens with one attached hydrogen (secondary N) is 1. The van der Waals surface area contributed by atoms with Gasteiger partial charge in [-0.1, -0.05) is 13.8 Å². The molecular formula is C12H24N2O2. The third kappa shape index (κ3) is 4.10. The van der Waals surface area contributed by atoms with Crippen LogP contribution < -0.4 is 5.32 Å². The molecule has 0 aromatic heterocycles. The molecule has 16 heavy (non-hydrogen) atoms. The number of amides is 1. The molecule has 0 radical (unpaired) electrons. The molecule has 1 heterocycles. The lowest BCUT2D eigenvalue weighted by Gasteiger charge is -2.35. The Morgan fingerprint density at radius 1 is 1.50 bits per heavy atom. The second-order valence-corrected chi connectivity index (χ2v) is 4.78. The Morgan fingerprint density at radius 2 is 2.25 bits per heavy atom. The Balaban J connectivity index is 2.43. The van der Waals surface area contributed by atoms with Crippen LogP contribution in [0.4, 0.5) is 0 Å². The smallest absolute Gasteiger partial charge is 0.236 e. The zero-order chi connectivity index (χ0) is 12.0. The Morgan fingerprint density at radius 3 is 2.88 bits per heavy atom. The van der Waals surface area contributed by atoms with Crippen LogP contribution in [-0.2, 0) is 4.79 Å². The van der Waals surface area contributed by atoms with Gasteiger partial charge >= 0.3 is 0 Å². The minimum Gasteiger partial charge on any atom is -0.396 e. The average molecular weight is 228 g/mol. The topological polar surface area (TPSA) is 52.6 Å². The molecule has 1 fully saturated rings. The summed E-state index contributed by atoms with van der Waals surface area (Å²) in [5.41, 5.74) is 0. The molecule has 0 spiro atoms. The number of carbonyl (C=O) groups is 1. The van der Waals surface area contributed by atoms with E-state index in [2.05, 4.69) is 5.32 Å². The summed E-state index contributed by atoms with van der Waals surface area (Å²) in [6.45, 7) is 5.51. The van der Waals surface area contributed by atoms with Crippen LogP contribution in [-0.4, -0.2) is 47.7 Å². The first-order chi connectivity index (χ1) is 7.65. The predicted molar refractivity (Wildman–Crippen MR) is 64.2 cm³/mol. The summed E-state index contributed by atoms with van der Waals surface area (Å²) < 4.78 is 0. The fourth-order valence-corrected chi connectivity index (χ4v) is 2.17. The van der Waals surface area contributed by atoms with Crippen molar-refractivity contribution in [2.45, 2.75) is 51.6 Å². The molecule has 0 aromatic rings. The molecule has 1 aliphatic heterocycles. The van der Waals surface area contributed by atoms with E-state index >= 15 is 0 Å². The SMILES string of the molecule is CC(C)NCC(=O)N1CCCCC1CCO. The van der Waals surface area contributed by atoms with Crippen LogP contribution in [0.3, 0.4) is 0 Å². The van der Waals surface area contributed by atoms with Crippen molar-refractivity contribution in [2.75, 3.05) is 19.7 Å². The van der Waals surface area contributed by atoms with Gasteiger partial charge in [0.2, 0.25) is 5.91 Å². The Kier molecular flexibility index (Phi) is 5.77. The van der Waals surface area contributed by atoms with Crippen molar-refractivity contribution in [3.8, 4) is 0 Å². The van der Waals surface area contributed by atoms with Crippen molar-refractivity contribution < 1.29 is 9.90 Å². The molecule has 1 amide bonds. The van der Waals surface area contributed by atoms with Crippen molar-refractivity contribution in [3.63, 3.8) is 0 Å². The van der Waals surface area contributed by atoms with Gasteiger partial charge in [0.05, 0.1) is 6.54 Å². The summed E-state index contributed by atoms with van der Waals surface area (Å²) in [4.78, 5) is 13.9. The van der Waals surface area contributed by atoms with Crippen molar-refractivity contribution in [1.29, 1.82) is 0 Å². The molecular weight excluding hydrogens is 204 g/mol. The van der Waals surface area contributed by atoms with Gasteiger partial charge in [0.1, 0.15) is 0 Å². The summed E-state index contributed by atoms with van der Waals surface area (Å²) in [6, 6.07) is 0.588. The largest absolute Gasteiger partial charge is 0.396 e. The molecule has 4 nitrogen and oxygen atoms in total. The highest BCUT2D eigenvalue weighted by Crippen LogP contribution is 2.19. The number of aliphatic hydroxyl groups is 1. The Hall–Kier alpha value is -0.610. The van der Waals surface area contributed by atoms with Crippen LogP contribution in [0.5, 0.6) is 0 Å². The quantitative estimate of drug-likeness (QED) is 0.730. The minimum absolute atomic E-state index is 0.173. The van der Waals surface area contributed by atoms with Crippen molar-refractivity contribution in [2.24, 2.45) is 0 Å². The van der Waals surface area contributed by atoms with Crippen LogP contribution in [0.15, 0.2) is 0 Å². The van der Waals surface area contributed by atoms with Crippen molar-refractivity contribution in [1.82, 2.24) is 10.2 Å². The molecule has 0 bridgehead atoms. The highest BCUT2D eigenvalue weighted by Gasteiger charge is 2.25. The Labute approximate surface area is 98.0 Å². The number of hydrogen-bond acceptors (Lipinski definition) is 3. The molecule has 0 aliphatic carbocycles. The zero-order valence-corrected chi connectivity index (χ0v) is 10.4. The van der Waals surface area contributed by atoms with E-state index in [0.717, 1.165) is 19.4 Å². The molecule has 1 atom stereocenters. The zero-order valence-electron chi connectivity index (χ0n) is 10.4. The van der Waals surface area contributed by atoms with Gasteiger partial charge in [-0.15, -0.1) is 0 Å². The maximum Gasteiger partial charge on any atom is 0.236 e. The van der Waals surface area contributed by atoms with E-state index in [4.69, 9.17) is 5.11 Å². The highest BCUT2D eigenvalue weighted by molar-refractivity contribution is 5.78. The van der Waals surface area contributed by atoms with Crippen molar-refractivity contribution in [3.05, 3.63) is 0 Å². The lowest BCUT2D eigenvalue weighted by molar-refractivity contribution is -0.134. The number of hydrogen-bond donors (Lipinski definition) is 2. The van der Waals surface area contributed by atoms with Crippen LogP contribution in [0.1, 0.15) is 39.5 Å². The van der Waals surface area contributed by atoms with Crippen molar-refractivity contribution >= 4 is 5.91 Å². The van der Waals surface area contributed by atoms with E-state index in [1.54, 1.807) is 0 Å². The molecule has 0 saturated carbocycles. The number of carbonyl (C=O) groups excluding carboxylic acids is 1. The van der Waals surface area contributed by atoms with E-state index in [1.807, 2.05) is 18.7 Å². The van der Waals surface area contributed by atoms with E-state index < -0.39 is 0 Å². The normalized spacial score (nSPS) is 21.5. The van der Waals surface area contributed by atoms with Crippen LogP contribution in [0.2, 0.25) is 0 Å². The van der Waals surface area contributed by atoms with E-state index in [0.29, 0.717) is 19.0 Å². The van der Waals surface area contributed by atoms with Crippen LogP contribution >= 0.6 is 0 Å². The van der Waals surface area contributed by atoms with Gasteiger partial charge in [-0.2, -0.15) is 0 Å². The number of aliphatic hydroxyl groups excluding tert-OH is 1. The molecule has 0 aromatic carbocycles. The molecule has 1 unspecified atom stereocenters. The third-order valence-corrected chi connectivity index (χ3v) is 3.07. The van der Waals surface area contributed by atoms with Gasteiger partial charge in [-0.3, -0.25) is 4.79 Å². The van der Waals surface area contributed by atoms with Gasteiger partial charge in [-0.25, -0.2) is 0 Å². The fraction of sp³-hybridized carbons (Fsp3) is 0.917. The molecule has 2 N–H and O–H groups in total. The predicted octanol–water partition coefficient (Wildman–Crippen LogP) is 0.748. The van der Waals surface area contributed by atoms with Gasteiger partial charge < -0.3 is 15.3 Å². The summed E-state index contributed by atoms with van der Waals surface area (Å²) in [7, 11) is 0. The summed E-state index contributed by atoms with van der Waals surface area (Å²) >= 11 is 0. The lowest BCUT2D eigenvalue weighted by atomic mass is 9.99. The number of likely N-dealkylation sites (tertiary alicyclic amines) is 1. The first-order valence-electron chi connectivity index (χ1n) is 6.29. The van der Waals surface area contributed by atoms with Gasteiger partial charge in [0.25, 0.3) is 0 Å². The Bertz CT molecular complexity index is 217. The van der Waals surface area contributed by atoms with E-state index in [9.17, 15) is 4.79 Å². The molecule has 4 heteroatoms. The summed E-state index contributed by atoms with van der Waals surface area (Å²) in [5.74, 6) is 0.173. The molecule has 1 rings (SSSR count). The standard InChI is InChI=1S/C12H24N2O2/c1-10(2)13-9-12(16)14-7-4-3-5-11(14)6-8-15/h10-11,13,15H,3-9H2,1-2H3. The first kappa shape index (κ1) is 13.5. The molecule has 94 valence electrons. The second kappa shape index (κ2) is 6.86. The number of rotatable bonds is 5. The molecule has 1 aliphatic rings. The molecule has 1 saturated heterocycles. The highest BCUT2D eigenvalue weighted by atomic mass is 16.3. The fourth-order valence-electron chi connectivity index (χ4n) is 2.17. The average Bonchev–Trinajstić information content (AvgIpc) is 2.27. The maximum absolute atomic E-state index is 12.0. The van der Waals surface area contributed by atoms with Crippen LogP contribution in [0.25, 0.3) is 0 Å². The van der Waals surface area contributed by atoms with E-state index in [-0.39, 0.29) is 18.6 Å². The minimum atomic E-state index is 0.173. The summed E-state index contributed by atoms with van der Waals surface area (Å²) in [5, 5.41) is 12.1. The van der Waals surface area contributed by atoms with Crippen LogP contribution in [0, 0.1) is 0 Å². The lowest BCUT2D eigenvalue weighted by Crippen LogP contribution is -2.48. The van der Waals surface area contributed by atoms with Gasteiger partial charge in [0, 0.05) is 25.2 Å².